The molecule has 108 valence electrons. The molecule has 0 atom stereocenters. The highest BCUT2D eigenvalue weighted by molar-refractivity contribution is 5.57. The summed E-state index contributed by atoms with van der Waals surface area (Å²) in [6.45, 7) is 5.56. The number of rotatable bonds is 2. The van der Waals surface area contributed by atoms with E-state index in [1.807, 2.05) is 37.0 Å². The maximum absolute atomic E-state index is 9.40. The van der Waals surface area contributed by atoms with Gasteiger partial charge in [0, 0.05) is 25.5 Å². The zero-order valence-electron chi connectivity index (χ0n) is 12.3. The fourth-order valence-electron chi connectivity index (χ4n) is 2.79. The number of hydrogen-bond donors (Lipinski definition) is 0. The van der Waals surface area contributed by atoms with E-state index in [4.69, 9.17) is 0 Å². The van der Waals surface area contributed by atoms with Crippen molar-refractivity contribution in [3.05, 3.63) is 35.3 Å². The summed E-state index contributed by atoms with van der Waals surface area (Å²) in [4.78, 5) is 2.16. The molecule has 0 aliphatic carbocycles. The summed E-state index contributed by atoms with van der Waals surface area (Å²) in [5.41, 5.74) is 2.40. The standard InChI is InChI=1S/C15H18N6/c1-11-12(2)18-19-15(14(11)10-16)20-8-4-13(5-9-20)21-7-3-6-17-21/h3,6-7,13H,4-5,8-9H2,1-2H3. The van der Waals surface area contributed by atoms with Crippen LogP contribution in [0.25, 0.3) is 0 Å². The van der Waals surface area contributed by atoms with Gasteiger partial charge >= 0.3 is 0 Å². The first-order valence-corrected chi connectivity index (χ1v) is 7.18. The van der Waals surface area contributed by atoms with Crippen LogP contribution < -0.4 is 4.90 Å². The molecular weight excluding hydrogens is 264 g/mol. The molecule has 0 bridgehead atoms. The molecule has 1 aliphatic rings. The van der Waals surface area contributed by atoms with Gasteiger partial charge in [0.25, 0.3) is 0 Å². The average Bonchev–Trinajstić information content (AvgIpc) is 3.04. The predicted octanol–water partition coefficient (Wildman–Crippen LogP) is 2.00. The van der Waals surface area contributed by atoms with Crippen molar-refractivity contribution in [2.24, 2.45) is 0 Å². The Hall–Kier alpha value is -2.42. The monoisotopic (exact) mass is 282 g/mol. The molecule has 0 spiro atoms. The SMILES string of the molecule is Cc1nnc(N2CCC(n3cccn3)CC2)c(C#N)c1C. The van der Waals surface area contributed by atoms with Gasteiger partial charge in [0.1, 0.15) is 11.6 Å². The van der Waals surface area contributed by atoms with Crippen molar-refractivity contribution < 1.29 is 0 Å². The largest absolute Gasteiger partial charge is 0.354 e. The number of hydrogen-bond acceptors (Lipinski definition) is 5. The van der Waals surface area contributed by atoms with Crippen LogP contribution in [0.15, 0.2) is 18.5 Å². The second-order valence-electron chi connectivity index (χ2n) is 5.43. The van der Waals surface area contributed by atoms with Crippen LogP contribution in [0.4, 0.5) is 5.82 Å². The topological polar surface area (TPSA) is 70.6 Å². The van der Waals surface area contributed by atoms with Crippen LogP contribution in [0.1, 0.15) is 35.7 Å². The van der Waals surface area contributed by atoms with E-state index < -0.39 is 0 Å². The lowest BCUT2D eigenvalue weighted by Crippen LogP contribution is -2.36. The van der Waals surface area contributed by atoms with E-state index in [-0.39, 0.29) is 0 Å². The van der Waals surface area contributed by atoms with E-state index in [1.54, 1.807) is 0 Å². The summed E-state index contributed by atoms with van der Waals surface area (Å²) < 4.78 is 2.02. The summed E-state index contributed by atoms with van der Waals surface area (Å²) in [6, 6.07) is 4.66. The minimum atomic E-state index is 0.432. The molecule has 0 amide bonds. The molecule has 1 saturated heterocycles. The van der Waals surface area contributed by atoms with Crippen LogP contribution in [0.3, 0.4) is 0 Å². The lowest BCUT2D eigenvalue weighted by Gasteiger charge is -2.33. The van der Waals surface area contributed by atoms with Gasteiger partial charge in [-0.3, -0.25) is 4.68 Å². The van der Waals surface area contributed by atoms with Crippen LogP contribution in [0.2, 0.25) is 0 Å². The molecule has 2 aromatic rings. The van der Waals surface area contributed by atoms with Crippen LogP contribution in [0.5, 0.6) is 0 Å². The first-order valence-electron chi connectivity index (χ1n) is 7.18. The lowest BCUT2D eigenvalue weighted by atomic mass is 10.0. The van der Waals surface area contributed by atoms with Crippen molar-refractivity contribution in [1.29, 1.82) is 5.26 Å². The smallest absolute Gasteiger partial charge is 0.169 e. The first kappa shape index (κ1) is 13.6. The molecule has 0 aromatic carbocycles. The summed E-state index contributed by atoms with van der Waals surface area (Å²) in [7, 11) is 0. The van der Waals surface area contributed by atoms with Crippen LogP contribution in [-0.2, 0) is 0 Å². The number of nitrogens with zero attached hydrogens (tertiary/aromatic N) is 6. The van der Waals surface area contributed by atoms with Gasteiger partial charge in [-0.2, -0.15) is 15.5 Å². The van der Waals surface area contributed by atoms with Gasteiger partial charge in [-0.05, 0) is 38.3 Å². The minimum absolute atomic E-state index is 0.432. The van der Waals surface area contributed by atoms with Gasteiger partial charge in [0.15, 0.2) is 5.82 Å². The van der Waals surface area contributed by atoms with E-state index in [9.17, 15) is 5.26 Å². The molecule has 1 aliphatic heterocycles. The molecule has 0 radical (unpaired) electrons. The number of nitriles is 1. The second-order valence-corrected chi connectivity index (χ2v) is 5.43. The van der Waals surface area contributed by atoms with Gasteiger partial charge in [0.05, 0.1) is 11.7 Å². The Labute approximate surface area is 124 Å². The molecule has 0 N–H and O–H groups in total. The van der Waals surface area contributed by atoms with Crippen molar-refractivity contribution >= 4 is 5.82 Å². The quantitative estimate of drug-likeness (QED) is 0.842. The van der Waals surface area contributed by atoms with Gasteiger partial charge in [-0.1, -0.05) is 0 Å². The van der Waals surface area contributed by atoms with E-state index in [2.05, 4.69) is 26.3 Å². The third-order valence-electron chi connectivity index (χ3n) is 4.21. The Morgan fingerprint density at radius 1 is 1.24 bits per heavy atom. The molecule has 21 heavy (non-hydrogen) atoms. The average molecular weight is 282 g/mol. The van der Waals surface area contributed by atoms with Gasteiger partial charge in [-0.25, -0.2) is 0 Å². The predicted molar refractivity (Wildman–Crippen MR) is 78.9 cm³/mol. The van der Waals surface area contributed by atoms with E-state index >= 15 is 0 Å². The highest BCUT2D eigenvalue weighted by atomic mass is 15.3. The van der Waals surface area contributed by atoms with Crippen molar-refractivity contribution in [2.75, 3.05) is 18.0 Å². The minimum Gasteiger partial charge on any atom is -0.354 e. The highest BCUT2D eigenvalue weighted by Crippen LogP contribution is 2.28. The van der Waals surface area contributed by atoms with E-state index in [1.165, 1.54) is 0 Å². The Balaban J connectivity index is 1.79. The molecular formula is C15H18N6. The number of anilines is 1. The lowest BCUT2D eigenvalue weighted by molar-refractivity contribution is 0.365. The van der Waals surface area contributed by atoms with Crippen molar-refractivity contribution in [1.82, 2.24) is 20.0 Å². The molecule has 0 saturated carbocycles. The first-order chi connectivity index (χ1) is 10.2. The number of aromatic nitrogens is 4. The molecule has 3 rings (SSSR count). The van der Waals surface area contributed by atoms with Gasteiger partial charge < -0.3 is 4.90 Å². The fraction of sp³-hybridized carbons (Fsp3) is 0.467. The second kappa shape index (κ2) is 5.52. The van der Waals surface area contributed by atoms with E-state index in [0.29, 0.717) is 11.6 Å². The fourth-order valence-corrected chi connectivity index (χ4v) is 2.79. The third kappa shape index (κ3) is 2.47. The third-order valence-corrected chi connectivity index (χ3v) is 4.21. The molecule has 1 fully saturated rings. The van der Waals surface area contributed by atoms with E-state index in [0.717, 1.165) is 43.0 Å². The number of piperidine rings is 1. The Morgan fingerprint density at radius 2 is 2.00 bits per heavy atom. The molecule has 6 nitrogen and oxygen atoms in total. The Kier molecular flexibility index (Phi) is 3.57. The van der Waals surface area contributed by atoms with Crippen molar-refractivity contribution in [3.8, 4) is 6.07 Å². The molecule has 0 unspecified atom stereocenters. The molecule has 2 aromatic heterocycles. The van der Waals surface area contributed by atoms with Crippen LogP contribution in [-0.4, -0.2) is 33.1 Å². The summed E-state index contributed by atoms with van der Waals surface area (Å²) in [6.07, 6.45) is 5.83. The summed E-state index contributed by atoms with van der Waals surface area (Å²) in [5, 5.41) is 22.1. The maximum Gasteiger partial charge on any atom is 0.169 e. The maximum atomic E-state index is 9.40. The van der Waals surface area contributed by atoms with Crippen molar-refractivity contribution in [2.45, 2.75) is 32.7 Å². The Morgan fingerprint density at radius 3 is 2.62 bits per heavy atom. The summed E-state index contributed by atoms with van der Waals surface area (Å²) >= 11 is 0. The highest BCUT2D eigenvalue weighted by Gasteiger charge is 2.24. The van der Waals surface area contributed by atoms with Gasteiger partial charge in [0.2, 0.25) is 0 Å². The molecule has 3 heterocycles. The van der Waals surface area contributed by atoms with Crippen LogP contribution in [0, 0.1) is 25.2 Å². The summed E-state index contributed by atoms with van der Waals surface area (Å²) in [5.74, 6) is 0.722. The number of aryl methyl sites for hydroxylation is 1. The zero-order valence-corrected chi connectivity index (χ0v) is 12.3. The molecule has 6 heteroatoms. The van der Waals surface area contributed by atoms with Gasteiger partial charge in [-0.15, -0.1) is 5.10 Å². The van der Waals surface area contributed by atoms with Crippen LogP contribution >= 0.6 is 0 Å². The van der Waals surface area contributed by atoms with Crippen molar-refractivity contribution in [3.63, 3.8) is 0 Å². The Bertz CT molecular complexity index is 662. The zero-order chi connectivity index (χ0) is 14.8. The normalized spacial score (nSPS) is 16.0.